The predicted octanol–water partition coefficient (Wildman–Crippen LogP) is -1.06. The number of hydrogen-bond donors (Lipinski definition) is 3. The fourth-order valence-electron chi connectivity index (χ4n) is 0.985. The summed E-state index contributed by atoms with van der Waals surface area (Å²) in [6.07, 6.45) is 3.06. The van der Waals surface area contributed by atoms with E-state index in [0.717, 1.165) is 0 Å². The van der Waals surface area contributed by atoms with Crippen LogP contribution in [0.5, 0.6) is 0 Å². The molecule has 0 fully saturated rings. The van der Waals surface area contributed by atoms with Crippen LogP contribution in [0.2, 0.25) is 0 Å². The van der Waals surface area contributed by atoms with Gasteiger partial charge in [0.1, 0.15) is 5.82 Å². The Hall–Kier alpha value is -1.89. The van der Waals surface area contributed by atoms with Gasteiger partial charge in [0.15, 0.2) is 5.82 Å². The van der Waals surface area contributed by atoms with E-state index < -0.39 is 0 Å². The Morgan fingerprint density at radius 1 is 1.60 bits per heavy atom. The zero-order chi connectivity index (χ0) is 11.3. The van der Waals surface area contributed by atoms with Gasteiger partial charge in [-0.05, 0) is 0 Å². The van der Waals surface area contributed by atoms with Crippen molar-refractivity contribution in [1.29, 1.82) is 0 Å². The number of anilines is 2. The number of nitrogens with one attached hydrogen (secondary N) is 2. The lowest BCUT2D eigenvalue weighted by Crippen LogP contribution is -2.33. The van der Waals surface area contributed by atoms with E-state index in [1.54, 1.807) is 25.2 Å². The van der Waals surface area contributed by atoms with Crippen LogP contribution in [0.3, 0.4) is 0 Å². The third-order valence-electron chi connectivity index (χ3n) is 1.82. The van der Waals surface area contributed by atoms with Crippen LogP contribution in [-0.2, 0) is 4.79 Å². The van der Waals surface area contributed by atoms with Gasteiger partial charge in [0.2, 0.25) is 5.91 Å². The van der Waals surface area contributed by atoms with Gasteiger partial charge in [-0.15, -0.1) is 0 Å². The number of nitrogens with two attached hydrogens (primary N) is 1. The van der Waals surface area contributed by atoms with E-state index in [-0.39, 0.29) is 12.5 Å². The van der Waals surface area contributed by atoms with Crippen molar-refractivity contribution in [2.75, 3.05) is 31.0 Å². The largest absolute Gasteiger partial charge is 0.358 e. The van der Waals surface area contributed by atoms with Crippen LogP contribution in [0.25, 0.3) is 0 Å². The predicted molar refractivity (Wildman–Crippen MR) is 57.2 cm³/mol. The second-order valence-electron chi connectivity index (χ2n) is 2.94. The standard InChI is InChI=1S/C8H14N6O/c1-10-8(15)5-14(2)7-4-11-3-6(12-7)13-9/h3-4H,5,9H2,1-2H3,(H,10,15)(H,12,13). The molecule has 1 aromatic rings. The first kappa shape index (κ1) is 11.2. The maximum Gasteiger partial charge on any atom is 0.239 e. The average Bonchev–Trinajstić information content (AvgIpc) is 2.28. The first-order valence-corrected chi connectivity index (χ1v) is 4.37. The Morgan fingerprint density at radius 2 is 2.33 bits per heavy atom. The van der Waals surface area contributed by atoms with Crippen LogP contribution in [0.4, 0.5) is 11.6 Å². The van der Waals surface area contributed by atoms with Crippen molar-refractivity contribution in [1.82, 2.24) is 15.3 Å². The molecule has 0 atom stereocenters. The Balaban J connectivity index is 2.72. The van der Waals surface area contributed by atoms with E-state index in [0.29, 0.717) is 11.6 Å². The lowest BCUT2D eigenvalue weighted by molar-refractivity contribution is -0.119. The molecule has 0 aromatic carbocycles. The molecule has 0 saturated carbocycles. The molecule has 1 amide bonds. The summed E-state index contributed by atoms with van der Waals surface area (Å²) in [6, 6.07) is 0. The topological polar surface area (TPSA) is 96.2 Å². The molecule has 0 unspecified atom stereocenters. The summed E-state index contributed by atoms with van der Waals surface area (Å²) < 4.78 is 0. The van der Waals surface area contributed by atoms with E-state index in [9.17, 15) is 4.79 Å². The van der Waals surface area contributed by atoms with Gasteiger partial charge < -0.3 is 15.6 Å². The first-order chi connectivity index (χ1) is 7.17. The number of nitrogens with zero attached hydrogens (tertiary/aromatic N) is 3. The lowest BCUT2D eigenvalue weighted by Gasteiger charge is -2.16. The highest BCUT2D eigenvalue weighted by molar-refractivity contribution is 5.80. The van der Waals surface area contributed by atoms with E-state index in [4.69, 9.17) is 5.84 Å². The minimum Gasteiger partial charge on any atom is -0.358 e. The molecular weight excluding hydrogens is 196 g/mol. The second kappa shape index (κ2) is 5.11. The van der Waals surface area contributed by atoms with Crippen LogP contribution in [-0.4, -0.2) is 36.5 Å². The number of hydrazine groups is 1. The third-order valence-corrected chi connectivity index (χ3v) is 1.82. The van der Waals surface area contributed by atoms with Crippen LogP contribution >= 0.6 is 0 Å². The van der Waals surface area contributed by atoms with E-state index in [1.807, 2.05) is 0 Å². The van der Waals surface area contributed by atoms with Crippen LogP contribution in [0.1, 0.15) is 0 Å². The van der Waals surface area contributed by atoms with Gasteiger partial charge >= 0.3 is 0 Å². The molecule has 7 nitrogen and oxygen atoms in total. The molecule has 0 saturated heterocycles. The van der Waals surface area contributed by atoms with Crippen molar-refractivity contribution in [3.05, 3.63) is 12.4 Å². The van der Waals surface area contributed by atoms with E-state index in [2.05, 4.69) is 20.7 Å². The molecule has 82 valence electrons. The molecule has 1 aromatic heterocycles. The van der Waals surface area contributed by atoms with Crippen molar-refractivity contribution in [2.24, 2.45) is 5.84 Å². The molecule has 0 radical (unpaired) electrons. The molecular formula is C8H14N6O. The van der Waals surface area contributed by atoms with Gasteiger partial charge in [-0.25, -0.2) is 10.8 Å². The molecule has 0 spiro atoms. The summed E-state index contributed by atoms with van der Waals surface area (Å²) in [5.74, 6) is 6.14. The quantitative estimate of drug-likeness (QED) is 0.433. The van der Waals surface area contributed by atoms with E-state index >= 15 is 0 Å². The summed E-state index contributed by atoms with van der Waals surface area (Å²) in [5, 5.41) is 2.53. The van der Waals surface area contributed by atoms with Crippen molar-refractivity contribution < 1.29 is 4.79 Å². The molecule has 15 heavy (non-hydrogen) atoms. The highest BCUT2D eigenvalue weighted by atomic mass is 16.1. The Bertz CT molecular complexity index is 342. The zero-order valence-electron chi connectivity index (χ0n) is 8.69. The molecule has 0 bridgehead atoms. The molecule has 1 rings (SSSR count). The summed E-state index contributed by atoms with van der Waals surface area (Å²) >= 11 is 0. The van der Waals surface area contributed by atoms with Crippen molar-refractivity contribution >= 4 is 17.5 Å². The number of carbonyl (C=O) groups excluding carboxylic acids is 1. The maximum atomic E-state index is 11.1. The molecule has 7 heteroatoms. The highest BCUT2D eigenvalue weighted by Gasteiger charge is 2.07. The third kappa shape index (κ3) is 3.06. The van der Waals surface area contributed by atoms with Gasteiger partial charge in [0, 0.05) is 14.1 Å². The van der Waals surface area contributed by atoms with Crippen LogP contribution < -0.4 is 21.5 Å². The normalized spacial score (nSPS) is 9.53. The SMILES string of the molecule is CNC(=O)CN(C)c1cncc(NN)n1. The maximum absolute atomic E-state index is 11.1. The minimum atomic E-state index is -0.0922. The lowest BCUT2D eigenvalue weighted by atomic mass is 10.5. The Morgan fingerprint density at radius 3 is 2.93 bits per heavy atom. The van der Waals surface area contributed by atoms with Gasteiger partial charge in [-0.3, -0.25) is 9.78 Å². The summed E-state index contributed by atoms with van der Waals surface area (Å²) in [4.78, 5) is 20.8. The van der Waals surface area contributed by atoms with Crippen molar-refractivity contribution in [3.8, 4) is 0 Å². The smallest absolute Gasteiger partial charge is 0.239 e. The number of hydrogen-bond acceptors (Lipinski definition) is 6. The Labute approximate surface area is 87.7 Å². The number of rotatable bonds is 4. The van der Waals surface area contributed by atoms with Crippen molar-refractivity contribution in [2.45, 2.75) is 0 Å². The zero-order valence-corrected chi connectivity index (χ0v) is 8.69. The Kier molecular flexibility index (Phi) is 3.81. The van der Waals surface area contributed by atoms with Gasteiger partial charge in [0.05, 0.1) is 18.9 Å². The molecule has 0 aliphatic rings. The molecule has 0 aliphatic heterocycles. The summed E-state index contributed by atoms with van der Waals surface area (Å²) in [7, 11) is 3.33. The minimum absolute atomic E-state index is 0.0922. The monoisotopic (exact) mass is 210 g/mol. The van der Waals surface area contributed by atoms with Crippen LogP contribution in [0.15, 0.2) is 12.4 Å². The molecule has 4 N–H and O–H groups in total. The molecule has 1 heterocycles. The average molecular weight is 210 g/mol. The fourth-order valence-corrected chi connectivity index (χ4v) is 0.985. The number of amides is 1. The first-order valence-electron chi connectivity index (χ1n) is 4.37. The summed E-state index contributed by atoms with van der Waals surface area (Å²) in [5.41, 5.74) is 2.39. The van der Waals surface area contributed by atoms with Crippen molar-refractivity contribution in [3.63, 3.8) is 0 Å². The van der Waals surface area contributed by atoms with Crippen LogP contribution in [0, 0.1) is 0 Å². The number of carbonyl (C=O) groups is 1. The highest BCUT2D eigenvalue weighted by Crippen LogP contribution is 2.09. The summed E-state index contributed by atoms with van der Waals surface area (Å²) in [6.45, 7) is 0.221. The fraction of sp³-hybridized carbons (Fsp3) is 0.375. The van der Waals surface area contributed by atoms with Gasteiger partial charge in [0.25, 0.3) is 0 Å². The molecule has 0 aliphatic carbocycles. The van der Waals surface area contributed by atoms with E-state index in [1.165, 1.54) is 6.20 Å². The second-order valence-corrected chi connectivity index (χ2v) is 2.94. The van der Waals surface area contributed by atoms with Gasteiger partial charge in [-0.2, -0.15) is 0 Å². The number of nitrogen functional groups attached to an aromatic ring is 1. The number of aromatic nitrogens is 2. The van der Waals surface area contributed by atoms with Gasteiger partial charge in [-0.1, -0.05) is 0 Å². The number of likely N-dealkylation sites (N-methyl/N-ethyl adjacent to an activating group) is 2.